The van der Waals surface area contributed by atoms with Gasteiger partial charge in [0.15, 0.2) is 0 Å². The van der Waals surface area contributed by atoms with E-state index >= 15 is 0 Å². The number of hydrogen-bond donors (Lipinski definition) is 1. The molecular weight excluding hydrogens is 154 g/mol. The van der Waals surface area contributed by atoms with E-state index < -0.39 is 5.60 Å². The van der Waals surface area contributed by atoms with Crippen LogP contribution in [0.15, 0.2) is 0 Å². The van der Waals surface area contributed by atoms with Crippen molar-refractivity contribution in [2.45, 2.75) is 32.8 Å². The van der Waals surface area contributed by atoms with Gasteiger partial charge >= 0.3 is 0 Å². The molecule has 0 heterocycles. The number of carbonyl (C=O) groups is 1. The van der Waals surface area contributed by atoms with E-state index in [-0.39, 0.29) is 11.8 Å². The van der Waals surface area contributed by atoms with Crippen LogP contribution in [0.4, 0.5) is 0 Å². The lowest BCUT2D eigenvalue weighted by Crippen LogP contribution is -2.42. The maximum atomic E-state index is 11.4. The number of amides is 1. The summed E-state index contributed by atoms with van der Waals surface area (Å²) in [7, 11) is 3.40. The molecule has 0 aliphatic rings. The first kappa shape index (κ1) is 11.4. The van der Waals surface area contributed by atoms with Gasteiger partial charge in [-0.2, -0.15) is 0 Å². The zero-order valence-electron chi connectivity index (χ0n) is 8.59. The summed E-state index contributed by atoms with van der Waals surface area (Å²) >= 11 is 0. The minimum Gasteiger partial charge on any atom is -0.389 e. The molecule has 1 amide bonds. The van der Waals surface area contributed by atoms with Gasteiger partial charge in [-0.15, -0.1) is 0 Å². The second-order valence-corrected chi connectivity index (χ2v) is 3.67. The van der Waals surface area contributed by atoms with Gasteiger partial charge in [0.05, 0.1) is 11.5 Å². The fraction of sp³-hybridized carbons (Fsp3) is 0.889. The largest absolute Gasteiger partial charge is 0.389 e. The number of carbonyl (C=O) groups excluding carboxylic acids is 1. The van der Waals surface area contributed by atoms with E-state index in [1.165, 1.54) is 4.90 Å². The summed E-state index contributed by atoms with van der Waals surface area (Å²) in [6, 6.07) is 0. The van der Waals surface area contributed by atoms with Crippen LogP contribution in [0.3, 0.4) is 0 Å². The van der Waals surface area contributed by atoms with Crippen LogP contribution in [-0.2, 0) is 4.79 Å². The van der Waals surface area contributed by atoms with E-state index in [4.69, 9.17) is 0 Å². The molecule has 0 bridgehead atoms. The maximum Gasteiger partial charge on any atom is 0.227 e. The summed E-state index contributed by atoms with van der Waals surface area (Å²) in [6.07, 6.45) is 0.591. The molecule has 0 fully saturated rings. The van der Waals surface area contributed by atoms with Crippen molar-refractivity contribution in [3.63, 3.8) is 0 Å². The first-order chi connectivity index (χ1) is 5.33. The van der Waals surface area contributed by atoms with Gasteiger partial charge in [0, 0.05) is 14.1 Å². The molecule has 12 heavy (non-hydrogen) atoms. The fourth-order valence-corrected chi connectivity index (χ4v) is 0.959. The van der Waals surface area contributed by atoms with Crippen LogP contribution in [0.2, 0.25) is 0 Å². The highest BCUT2D eigenvalue weighted by Crippen LogP contribution is 2.21. The Morgan fingerprint density at radius 3 is 2.25 bits per heavy atom. The van der Waals surface area contributed by atoms with Crippen LogP contribution < -0.4 is 0 Å². The third kappa shape index (κ3) is 2.48. The lowest BCUT2D eigenvalue weighted by molar-refractivity contribution is -0.140. The van der Waals surface area contributed by atoms with Crippen molar-refractivity contribution in [1.82, 2.24) is 4.90 Å². The number of rotatable bonds is 3. The molecule has 0 saturated carbocycles. The van der Waals surface area contributed by atoms with Crippen molar-refractivity contribution in [1.29, 1.82) is 0 Å². The second kappa shape index (κ2) is 3.90. The number of aliphatic hydroxyl groups is 1. The Kier molecular flexibility index (Phi) is 3.71. The molecule has 0 aromatic carbocycles. The molecule has 0 aromatic heterocycles. The Morgan fingerprint density at radius 2 is 2.00 bits per heavy atom. The Labute approximate surface area is 74.4 Å². The van der Waals surface area contributed by atoms with Crippen LogP contribution in [-0.4, -0.2) is 35.6 Å². The number of nitrogens with zero attached hydrogens (tertiary/aromatic N) is 1. The average Bonchev–Trinajstić information content (AvgIpc) is 2.01. The van der Waals surface area contributed by atoms with Crippen molar-refractivity contribution < 1.29 is 9.90 Å². The fourth-order valence-electron chi connectivity index (χ4n) is 0.959. The first-order valence-electron chi connectivity index (χ1n) is 4.26. The predicted molar refractivity (Wildman–Crippen MR) is 48.8 cm³/mol. The van der Waals surface area contributed by atoms with Crippen molar-refractivity contribution in [2.24, 2.45) is 5.92 Å². The molecule has 72 valence electrons. The standard InChI is InChI=1S/C9H19NO2/c1-6-9(3,12)7(2)8(11)10(4)5/h7,12H,6H2,1-5H3/t7-,9-/m0/s1. The van der Waals surface area contributed by atoms with Crippen molar-refractivity contribution in [3.05, 3.63) is 0 Å². The highest BCUT2D eigenvalue weighted by atomic mass is 16.3. The highest BCUT2D eigenvalue weighted by molar-refractivity contribution is 5.79. The van der Waals surface area contributed by atoms with Crippen molar-refractivity contribution >= 4 is 5.91 Å². The molecule has 0 spiro atoms. The molecule has 1 N–H and O–H groups in total. The predicted octanol–water partition coefficient (Wildman–Crippen LogP) is 0.872. The van der Waals surface area contributed by atoms with E-state index in [0.717, 1.165) is 0 Å². The Balaban J connectivity index is 4.38. The topological polar surface area (TPSA) is 40.5 Å². The van der Waals surface area contributed by atoms with Gasteiger partial charge in [-0.25, -0.2) is 0 Å². The van der Waals surface area contributed by atoms with Gasteiger partial charge in [0.25, 0.3) is 0 Å². The zero-order valence-corrected chi connectivity index (χ0v) is 8.59. The van der Waals surface area contributed by atoms with Crippen LogP contribution >= 0.6 is 0 Å². The first-order valence-corrected chi connectivity index (χ1v) is 4.26. The van der Waals surface area contributed by atoms with Crippen molar-refractivity contribution in [2.75, 3.05) is 14.1 Å². The molecule has 3 heteroatoms. The van der Waals surface area contributed by atoms with E-state index in [2.05, 4.69) is 0 Å². The monoisotopic (exact) mass is 173 g/mol. The molecule has 3 nitrogen and oxygen atoms in total. The summed E-state index contributed by atoms with van der Waals surface area (Å²) in [6.45, 7) is 5.32. The van der Waals surface area contributed by atoms with Crippen LogP contribution in [0, 0.1) is 5.92 Å². The molecule has 0 rings (SSSR count). The van der Waals surface area contributed by atoms with Gasteiger partial charge in [-0.1, -0.05) is 13.8 Å². The smallest absolute Gasteiger partial charge is 0.227 e. The quantitative estimate of drug-likeness (QED) is 0.688. The minimum absolute atomic E-state index is 0.0261. The van der Waals surface area contributed by atoms with E-state index in [1.54, 1.807) is 27.9 Å². The molecule has 2 atom stereocenters. The lowest BCUT2D eigenvalue weighted by atomic mass is 9.87. The van der Waals surface area contributed by atoms with Crippen LogP contribution in [0.25, 0.3) is 0 Å². The van der Waals surface area contributed by atoms with E-state index in [0.29, 0.717) is 6.42 Å². The normalized spacial score (nSPS) is 18.2. The molecule has 0 aliphatic heterocycles. The molecule has 0 radical (unpaired) electrons. The third-order valence-electron chi connectivity index (χ3n) is 2.46. The molecular formula is C9H19NO2. The third-order valence-corrected chi connectivity index (χ3v) is 2.46. The highest BCUT2D eigenvalue weighted by Gasteiger charge is 2.32. The molecule has 0 aromatic rings. The molecule has 0 aliphatic carbocycles. The van der Waals surface area contributed by atoms with Gasteiger partial charge in [0.2, 0.25) is 5.91 Å². The summed E-state index contributed by atoms with van der Waals surface area (Å²) in [5.41, 5.74) is -0.888. The van der Waals surface area contributed by atoms with E-state index in [9.17, 15) is 9.90 Å². The Morgan fingerprint density at radius 1 is 1.58 bits per heavy atom. The lowest BCUT2D eigenvalue weighted by Gasteiger charge is -2.29. The van der Waals surface area contributed by atoms with Gasteiger partial charge in [0.1, 0.15) is 0 Å². The minimum atomic E-state index is -0.888. The Bertz CT molecular complexity index is 164. The second-order valence-electron chi connectivity index (χ2n) is 3.67. The maximum absolute atomic E-state index is 11.4. The van der Waals surface area contributed by atoms with E-state index in [1.807, 2.05) is 6.92 Å². The summed E-state index contributed by atoms with van der Waals surface area (Å²) < 4.78 is 0. The summed E-state index contributed by atoms with van der Waals surface area (Å²) in [5.74, 6) is -0.362. The molecule has 0 unspecified atom stereocenters. The van der Waals surface area contributed by atoms with Crippen LogP contribution in [0.5, 0.6) is 0 Å². The SMILES string of the molecule is CC[C@](C)(O)[C@@H](C)C(=O)N(C)C. The number of hydrogen-bond acceptors (Lipinski definition) is 2. The Hall–Kier alpha value is -0.570. The summed E-state index contributed by atoms with van der Waals surface area (Å²) in [5, 5.41) is 9.76. The van der Waals surface area contributed by atoms with Gasteiger partial charge < -0.3 is 10.0 Å². The zero-order chi connectivity index (χ0) is 9.94. The average molecular weight is 173 g/mol. The van der Waals surface area contributed by atoms with Crippen LogP contribution in [0.1, 0.15) is 27.2 Å². The summed E-state index contributed by atoms with van der Waals surface area (Å²) in [4.78, 5) is 12.9. The van der Waals surface area contributed by atoms with Gasteiger partial charge in [-0.05, 0) is 13.3 Å². The van der Waals surface area contributed by atoms with Crippen molar-refractivity contribution in [3.8, 4) is 0 Å². The molecule has 0 saturated heterocycles. The van der Waals surface area contributed by atoms with Gasteiger partial charge in [-0.3, -0.25) is 4.79 Å².